The Bertz CT molecular complexity index is 768. The van der Waals surface area contributed by atoms with Crippen molar-refractivity contribution in [3.63, 3.8) is 0 Å². The molecule has 0 saturated carbocycles. The van der Waals surface area contributed by atoms with Crippen LogP contribution in [0.25, 0.3) is 0 Å². The number of nitrogens with zero attached hydrogens (tertiary/aromatic N) is 1. The zero-order valence-corrected chi connectivity index (χ0v) is 16.0. The van der Waals surface area contributed by atoms with Gasteiger partial charge < -0.3 is 4.74 Å². The summed E-state index contributed by atoms with van der Waals surface area (Å²) in [7, 11) is -3.81. The highest BCUT2D eigenvalue weighted by atomic mass is 32.2. The van der Waals surface area contributed by atoms with Crippen molar-refractivity contribution in [1.29, 1.82) is 0 Å². The number of carbonyl (C=O) groups excluding carboxylic acids is 2. The number of hydrogen-bond acceptors (Lipinski definition) is 5. The molecule has 1 aliphatic rings. The maximum Gasteiger partial charge on any atom is 0.310 e. The second-order valence-corrected chi connectivity index (χ2v) is 9.37. The van der Waals surface area contributed by atoms with Crippen molar-refractivity contribution in [3.05, 3.63) is 30.1 Å². The summed E-state index contributed by atoms with van der Waals surface area (Å²) in [5.41, 5.74) is -0.606. The molecule has 0 aromatic heterocycles. The van der Waals surface area contributed by atoms with Gasteiger partial charge in [0.25, 0.3) is 0 Å². The second-order valence-electron chi connectivity index (χ2n) is 7.44. The van der Waals surface area contributed by atoms with E-state index < -0.39 is 33.1 Å². The Kier molecular flexibility index (Phi) is 6.18. The monoisotopic (exact) mass is 385 g/mol. The molecule has 0 spiro atoms. The van der Waals surface area contributed by atoms with Crippen LogP contribution in [0.3, 0.4) is 0 Å². The molecule has 1 aliphatic heterocycles. The van der Waals surface area contributed by atoms with Crippen LogP contribution in [0.2, 0.25) is 0 Å². The van der Waals surface area contributed by atoms with Crippen LogP contribution in [-0.4, -0.2) is 44.2 Å². The molecule has 1 aromatic rings. The van der Waals surface area contributed by atoms with Crippen LogP contribution in [0, 0.1) is 17.2 Å². The van der Waals surface area contributed by atoms with E-state index in [9.17, 15) is 22.4 Å². The Hall–Kier alpha value is -1.80. The third-order valence-electron chi connectivity index (χ3n) is 4.35. The van der Waals surface area contributed by atoms with Crippen molar-refractivity contribution in [2.24, 2.45) is 11.3 Å². The van der Waals surface area contributed by atoms with E-state index in [2.05, 4.69) is 0 Å². The fourth-order valence-electron chi connectivity index (χ4n) is 2.58. The minimum Gasteiger partial charge on any atom is -0.457 e. The van der Waals surface area contributed by atoms with Crippen molar-refractivity contribution < 1.29 is 27.1 Å². The lowest BCUT2D eigenvalue weighted by atomic mass is 9.91. The first-order chi connectivity index (χ1) is 12.0. The average Bonchev–Trinajstić information content (AvgIpc) is 2.59. The molecule has 2 rings (SSSR count). The molecule has 144 valence electrons. The van der Waals surface area contributed by atoms with Crippen LogP contribution in [-0.2, 0) is 24.3 Å². The molecule has 0 radical (unpaired) electrons. The van der Waals surface area contributed by atoms with Crippen molar-refractivity contribution in [3.8, 4) is 0 Å². The molecule has 1 aromatic carbocycles. The van der Waals surface area contributed by atoms with Crippen LogP contribution in [0.15, 0.2) is 29.2 Å². The standard InChI is InChI=1S/C18H24FNO5S/c1-18(2,3)16(21)12-25-17(22)13-5-4-10-20(11-13)26(23,24)15-8-6-14(19)7-9-15/h6-9,13H,4-5,10-12H2,1-3H3. The number of hydrogen-bond donors (Lipinski definition) is 0. The highest BCUT2D eigenvalue weighted by Gasteiger charge is 2.34. The van der Waals surface area contributed by atoms with E-state index in [4.69, 9.17) is 4.74 Å². The number of carbonyl (C=O) groups is 2. The van der Waals surface area contributed by atoms with Crippen LogP contribution in [0.1, 0.15) is 33.6 Å². The Labute approximate surface area is 153 Å². The summed E-state index contributed by atoms with van der Waals surface area (Å²) >= 11 is 0. The van der Waals surface area contributed by atoms with Crippen molar-refractivity contribution in [1.82, 2.24) is 4.31 Å². The minimum absolute atomic E-state index is 0.0117. The number of sulfonamides is 1. The van der Waals surface area contributed by atoms with Gasteiger partial charge in [0, 0.05) is 18.5 Å². The average molecular weight is 385 g/mol. The third kappa shape index (κ3) is 4.88. The molecule has 1 unspecified atom stereocenters. The summed E-state index contributed by atoms with van der Waals surface area (Å²) in [6.45, 7) is 5.17. The highest BCUT2D eigenvalue weighted by molar-refractivity contribution is 7.89. The molecule has 1 atom stereocenters. The molecule has 1 fully saturated rings. The van der Waals surface area contributed by atoms with E-state index in [-0.39, 0.29) is 30.4 Å². The fourth-order valence-corrected chi connectivity index (χ4v) is 4.10. The van der Waals surface area contributed by atoms with E-state index in [0.717, 1.165) is 12.1 Å². The summed E-state index contributed by atoms with van der Waals surface area (Å²) in [4.78, 5) is 24.1. The first-order valence-corrected chi connectivity index (χ1v) is 9.91. The second kappa shape index (κ2) is 7.84. The molecule has 26 heavy (non-hydrogen) atoms. The number of esters is 1. The molecule has 0 bridgehead atoms. The summed E-state index contributed by atoms with van der Waals surface area (Å²) in [6.07, 6.45) is 1.01. The maximum absolute atomic E-state index is 13.0. The first-order valence-electron chi connectivity index (χ1n) is 8.47. The number of ether oxygens (including phenoxy) is 1. The molecular formula is C18H24FNO5S. The summed E-state index contributed by atoms with van der Waals surface area (Å²) in [5.74, 6) is -1.90. The molecule has 0 amide bonds. The van der Waals surface area contributed by atoms with Crippen LogP contribution >= 0.6 is 0 Å². The Balaban J connectivity index is 2.03. The Morgan fingerprint density at radius 3 is 2.42 bits per heavy atom. The minimum atomic E-state index is -3.81. The molecule has 6 nitrogen and oxygen atoms in total. The van der Waals surface area contributed by atoms with Crippen molar-refractivity contribution >= 4 is 21.8 Å². The van der Waals surface area contributed by atoms with Crippen LogP contribution in [0.4, 0.5) is 4.39 Å². The summed E-state index contributed by atoms with van der Waals surface area (Å²) in [6, 6.07) is 4.57. The zero-order chi connectivity index (χ0) is 19.5. The fraction of sp³-hybridized carbons (Fsp3) is 0.556. The van der Waals surface area contributed by atoms with Gasteiger partial charge in [0.1, 0.15) is 5.82 Å². The normalized spacial score (nSPS) is 19.2. The van der Waals surface area contributed by atoms with Gasteiger partial charge in [-0.25, -0.2) is 12.8 Å². The van der Waals surface area contributed by atoms with Gasteiger partial charge in [-0.05, 0) is 37.1 Å². The van der Waals surface area contributed by atoms with Gasteiger partial charge in [0.15, 0.2) is 12.4 Å². The van der Waals surface area contributed by atoms with Crippen LogP contribution < -0.4 is 0 Å². The number of rotatable bonds is 5. The SMILES string of the molecule is CC(C)(C)C(=O)COC(=O)C1CCCN(S(=O)(=O)c2ccc(F)cc2)C1. The first kappa shape index (κ1) is 20.5. The van der Waals surface area contributed by atoms with E-state index in [1.54, 1.807) is 20.8 Å². The van der Waals surface area contributed by atoms with Crippen molar-refractivity contribution in [2.45, 2.75) is 38.5 Å². The van der Waals surface area contributed by atoms with Gasteiger partial charge in [0.05, 0.1) is 10.8 Å². The number of ketones is 1. The third-order valence-corrected chi connectivity index (χ3v) is 6.23. The molecule has 1 heterocycles. The van der Waals surface area contributed by atoms with Gasteiger partial charge in [-0.15, -0.1) is 0 Å². The van der Waals surface area contributed by atoms with E-state index in [1.807, 2.05) is 0 Å². The lowest BCUT2D eigenvalue weighted by Gasteiger charge is -2.30. The number of Topliss-reactive ketones (excluding diaryl/α,β-unsaturated/α-hetero) is 1. The molecule has 0 N–H and O–H groups in total. The van der Waals surface area contributed by atoms with Crippen molar-refractivity contribution in [2.75, 3.05) is 19.7 Å². The van der Waals surface area contributed by atoms with Gasteiger partial charge in [-0.1, -0.05) is 20.8 Å². The van der Waals surface area contributed by atoms with Gasteiger partial charge in [0.2, 0.25) is 10.0 Å². The Morgan fingerprint density at radius 2 is 1.85 bits per heavy atom. The van der Waals surface area contributed by atoms with Gasteiger partial charge in [-0.3, -0.25) is 9.59 Å². The lowest BCUT2D eigenvalue weighted by molar-refractivity contribution is -0.154. The summed E-state index contributed by atoms with van der Waals surface area (Å²) in [5, 5.41) is 0. The number of halogens is 1. The lowest BCUT2D eigenvalue weighted by Crippen LogP contribution is -2.43. The highest BCUT2D eigenvalue weighted by Crippen LogP contribution is 2.25. The molecule has 1 saturated heterocycles. The largest absolute Gasteiger partial charge is 0.457 e. The molecule has 0 aliphatic carbocycles. The Morgan fingerprint density at radius 1 is 1.23 bits per heavy atom. The quantitative estimate of drug-likeness (QED) is 0.727. The van der Waals surface area contributed by atoms with Gasteiger partial charge >= 0.3 is 5.97 Å². The number of benzene rings is 1. The predicted molar refractivity (Wildman–Crippen MR) is 93.3 cm³/mol. The van der Waals surface area contributed by atoms with E-state index in [0.29, 0.717) is 12.8 Å². The van der Waals surface area contributed by atoms with Gasteiger partial charge in [-0.2, -0.15) is 4.31 Å². The topological polar surface area (TPSA) is 80.8 Å². The number of piperidine rings is 1. The predicted octanol–water partition coefficient (Wildman–Crippen LogP) is 2.38. The maximum atomic E-state index is 13.0. The zero-order valence-electron chi connectivity index (χ0n) is 15.2. The molecule has 8 heteroatoms. The molecular weight excluding hydrogens is 361 g/mol. The van der Waals surface area contributed by atoms with E-state index in [1.165, 1.54) is 16.4 Å². The summed E-state index contributed by atoms with van der Waals surface area (Å²) < 4.78 is 44.6. The van der Waals surface area contributed by atoms with Crippen LogP contribution in [0.5, 0.6) is 0 Å². The smallest absolute Gasteiger partial charge is 0.310 e. The van der Waals surface area contributed by atoms with E-state index >= 15 is 0 Å².